The maximum absolute atomic E-state index is 13.3. The maximum atomic E-state index is 13.3. The molecule has 0 spiro atoms. The molecule has 15 nitrogen and oxygen atoms in total. The number of para-hydroxylation sites is 1. The molecule has 4 heterocycles. The highest BCUT2D eigenvalue weighted by Gasteiger charge is 2.34. The summed E-state index contributed by atoms with van der Waals surface area (Å²) in [5, 5.41) is 30.1. The Hall–Kier alpha value is -6.27. The van der Waals surface area contributed by atoms with Crippen LogP contribution < -0.4 is 5.32 Å². The topological polar surface area (TPSA) is 226 Å². The summed E-state index contributed by atoms with van der Waals surface area (Å²) in [6.07, 6.45) is 2.07. The molecule has 8 rings (SSSR count). The van der Waals surface area contributed by atoms with E-state index in [2.05, 4.69) is 44.3 Å². The molecule has 0 aliphatic carbocycles. The van der Waals surface area contributed by atoms with Crippen LogP contribution in [-0.4, -0.2) is 50.7 Å². The molecular formula is C51H53N9O6S4. The molecule has 0 fully saturated rings. The summed E-state index contributed by atoms with van der Waals surface area (Å²) < 4.78 is 74.9. The first-order chi connectivity index (χ1) is 33.1. The Morgan fingerprint density at radius 3 is 2.04 bits per heavy atom. The van der Waals surface area contributed by atoms with E-state index in [1.54, 1.807) is 17.7 Å². The second kappa shape index (κ2) is 19.1. The van der Waals surface area contributed by atoms with E-state index in [-0.39, 0.29) is 27.6 Å². The van der Waals surface area contributed by atoms with Crippen LogP contribution in [0.5, 0.6) is 0 Å². The van der Waals surface area contributed by atoms with Crippen molar-refractivity contribution in [3.8, 4) is 11.2 Å². The maximum Gasteiger partial charge on any atom is 0.295 e. The summed E-state index contributed by atoms with van der Waals surface area (Å²) in [6, 6.07) is 22.1. The van der Waals surface area contributed by atoms with E-state index in [9.17, 15) is 31.2 Å². The lowest BCUT2D eigenvalue weighted by Gasteiger charge is -2.26. The number of rotatable bonds is 14. The van der Waals surface area contributed by atoms with E-state index >= 15 is 0 Å². The van der Waals surface area contributed by atoms with Crippen LogP contribution in [-0.2, 0) is 51.3 Å². The number of thiazole rings is 2. The van der Waals surface area contributed by atoms with Gasteiger partial charge in [-0.2, -0.15) is 31.9 Å². The lowest BCUT2D eigenvalue weighted by Crippen LogP contribution is -2.17. The minimum Gasteiger partial charge on any atom is -0.338 e. The van der Waals surface area contributed by atoms with Crippen LogP contribution in [0.2, 0.25) is 0 Å². The number of aryl methyl sites for hydroxylation is 6. The van der Waals surface area contributed by atoms with Crippen LogP contribution in [0, 0.1) is 32.1 Å². The Kier molecular flexibility index (Phi) is 13.7. The molecule has 4 aromatic heterocycles. The number of hydrogen-bond donors (Lipinski definition) is 3. The quantitative estimate of drug-likeness (QED) is 0.0683. The molecule has 0 saturated carbocycles. The Bertz CT molecular complexity index is 3630. The standard InChI is InChI=1S/C51H53N9O6S4/c1-11-30-23-29(7)45(70(64,65)66)34(14-4)41(30)42(49-54-37-20-19-33(69(61,62)63)25-40(37)67-49)38-24-28(6)43(47(53-38)56-44-31(12-2)21-27(5)22-32(44)13-3)57-58-48-35(26-52)46(51(8,9)10)59-60(48)50-55-36-17-15-16-18-39(36)68-50/h15-25,42H,11-14H2,1-10H3,(H,53,56)(H,61,62,63)(H,64,65,66). The van der Waals surface area contributed by atoms with E-state index in [1.165, 1.54) is 40.9 Å². The first-order valence-corrected chi connectivity index (χ1v) is 27.3. The second-order valence-electron chi connectivity index (χ2n) is 18.2. The summed E-state index contributed by atoms with van der Waals surface area (Å²) in [7, 11) is -9.30. The molecule has 0 bridgehead atoms. The molecule has 0 aliphatic heterocycles. The molecule has 70 heavy (non-hydrogen) atoms. The third-order valence-electron chi connectivity index (χ3n) is 12.2. The van der Waals surface area contributed by atoms with E-state index in [0.717, 1.165) is 38.2 Å². The minimum atomic E-state index is -4.73. The Labute approximate surface area is 415 Å². The summed E-state index contributed by atoms with van der Waals surface area (Å²) in [5.41, 5.74) is 9.00. The van der Waals surface area contributed by atoms with Gasteiger partial charge in [-0.3, -0.25) is 9.11 Å². The molecule has 0 radical (unpaired) electrons. The number of fused-ring (bicyclic) bond motifs is 2. The Balaban J connectivity index is 1.45. The van der Waals surface area contributed by atoms with Crippen molar-refractivity contribution in [3.63, 3.8) is 0 Å². The normalized spacial score (nSPS) is 12.9. The first-order valence-electron chi connectivity index (χ1n) is 22.8. The summed E-state index contributed by atoms with van der Waals surface area (Å²) in [5.74, 6) is -0.378. The molecule has 8 aromatic rings. The Morgan fingerprint density at radius 2 is 1.44 bits per heavy atom. The van der Waals surface area contributed by atoms with Crippen LogP contribution in [0.25, 0.3) is 25.6 Å². The van der Waals surface area contributed by atoms with Crippen LogP contribution in [0.15, 0.2) is 86.7 Å². The number of pyridine rings is 1. The summed E-state index contributed by atoms with van der Waals surface area (Å²) in [6.45, 7) is 19.4. The Morgan fingerprint density at radius 1 is 0.771 bits per heavy atom. The lowest BCUT2D eigenvalue weighted by atomic mass is 9.84. The van der Waals surface area contributed by atoms with Crippen molar-refractivity contribution in [2.45, 2.75) is 116 Å². The van der Waals surface area contributed by atoms with Gasteiger partial charge in [0.15, 0.2) is 11.6 Å². The number of aromatic nitrogens is 5. The van der Waals surface area contributed by atoms with Gasteiger partial charge in [-0.15, -0.1) is 21.6 Å². The number of anilines is 2. The number of nitrogens with one attached hydrogen (secondary N) is 1. The van der Waals surface area contributed by atoms with Gasteiger partial charge in [-0.05, 0) is 122 Å². The highest BCUT2D eigenvalue weighted by Crippen LogP contribution is 2.46. The van der Waals surface area contributed by atoms with Gasteiger partial charge in [-0.1, -0.05) is 95.7 Å². The van der Waals surface area contributed by atoms with Crippen molar-refractivity contribution >= 4 is 86.4 Å². The van der Waals surface area contributed by atoms with Crippen LogP contribution in [0.3, 0.4) is 0 Å². The van der Waals surface area contributed by atoms with E-state index in [1.807, 2.05) is 71.9 Å². The smallest absolute Gasteiger partial charge is 0.295 e. The third-order valence-corrected chi connectivity index (χ3v) is 16.3. The average molecular weight is 1020 g/mol. The number of benzene rings is 4. The minimum absolute atomic E-state index is 0.189. The summed E-state index contributed by atoms with van der Waals surface area (Å²) in [4.78, 5) is 14.8. The molecule has 0 aliphatic rings. The average Bonchev–Trinajstić information content (AvgIpc) is 4.03. The zero-order valence-electron chi connectivity index (χ0n) is 40.5. The molecule has 0 saturated heterocycles. The number of hydrogen-bond acceptors (Lipinski definition) is 14. The molecular weight excluding hydrogens is 963 g/mol. The predicted octanol–water partition coefficient (Wildman–Crippen LogP) is 12.7. The SMILES string of the molecule is CCc1cc(C)cc(CC)c1Nc1nc(C(c2nc3ccc(S(=O)(=O)O)cc3s2)c2c(CC)cc(C)c(S(=O)(=O)O)c2CC)cc(C)c1N=Nc1c(C#N)c(C(C)(C)C)nn1-c1nc2ccccc2s1. The van der Waals surface area contributed by atoms with Gasteiger partial charge in [0, 0.05) is 11.1 Å². The van der Waals surface area contributed by atoms with Crippen molar-refractivity contribution in [1.82, 2.24) is 24.7 Å². The van der Waals surface area contributed by atoms with E-state index < -0.39 is 31.6 Å². The fraction of sp³-hybridized carbons (Fsp3) is 0.314. The fourth-order valence-electron chi connectivity index (χ4n) is 9.07. The number of nitrogens with zero attached hydrogens (tertiary/aromatic N) is 8. The molecule has 4 aromatic carbocycles. The molecule has 3 N–H and O–H groups in total. The molecule has 0 amide bonds. The fourth-order valence-corrected chi connectivity index (χ4v) is 12.7. The van der Waals surface area contributed by atoms with Crippen LogP contribution in [0.1, 0.15) is 121 Å². The monoisotopic (exact) mass is 1020 g/mol. The number of nitriles is 1. The number of azo groups is 1. The van der Waals surface area contributed by atoms with Crippen molar-refractivity contribution < 1.29 is 25.9 Å². The first kappa shape index (κ1) is 50.1. The van der Waals surface area contributed by atoms with Gasteiger partial charge in [0.2, 0.25) is 5.13 Å². The van der Waals surface area contributed by atoms with Crippen molar-refractivity contribution in [3.05, 3.63) is 133 Å². The highest BCUT2D eigenvalue weighted by molar-refractivity contribution is 7.86. The van der Waals surface area contributed by atoms with Gasteiger partial charge in [0.1, 0.15) is 27.2 Å². The zero-order valence-corrected chi connectivity index (χ0v) is 43.8. The van der Waals surface area contributed by atoms with Gasteiger partial charge >= 0.3 is 0 Å². The molecule has 362 valence electrons. The second-order valence-corrected chi connectivity index (χ2v) is 23.0. The van der Waals surface area contributed by atoms with Crippen LogP contribution >= 0.6 is 22.7 Å². The summed E-state index contributed by atoms with van der Waals surface area (Å²) >= 11 is 2.60. The van der Waals surface area contributed by atoms with E-state index in [0.29, 0.717) is 84.8 Å². The van der Waals surface area contributed by atoms with Gasteiger partial charge < -0.3 is 5.32 Å². The lowest BCUT2D eigenvalue weighted by molar-refractivity contribution is 0.479. The predicted molar refractivity (Wildman–Crippen MR) is 277 cm³/mol. The van der Waals surface area contributed by atoms with Gasteiger partial charge in [-0.25, -0.2) is 15.0 Å². The van der Waals surface area contributed by atoms with E-state index in [4.69, 9.17) is 30.3 Å². The van der Waals surface area contributed by atoms with Crippen LogP contribution in [0.4, 0.5) is 23.0 Å². The molecule has 1 unspecified atom stereocenters. The largest absolute Gasteiger partial charge is 0.338 e. The molecule has 19 heteroatoms. The third kappa shape index (κ3) is 9.51. The zero-order chi connectivity index (χ0) is 50.6. The van der Waals surface area contributed by atoms with Crippen molar-refractivity contribution in [2.24, 2.45) is 10.2 Å². The highest BCUT2D eigenvalue weighted by atomic mass is 32.2. The van der Waals surface area contributed by atoms with Crippen molar-refractivity contribution in [2.75, 3.05) is 5.32 Å². The van der Waals surface area contributed by atoms with Crippen molar-refractivity contribution in [1.29, 1.82) is 5.26 Å². The molecule has 1 atom stereocenters. The van der Waals surface area contributed by atoms with Gasteiger partial charge in [0.05, 0.1) is 42.6 Å². The van der Waals surface area contributed by atoms with Gasteiger partial charge in [0.25, 0.3) is 20.2 Å².